The predicted molar refractivity (Wildman–Crippen MR) is 77.9 cm³/mol. The molecule has 4 nitrogen and oxygen atoms in total. The monoisotopic (exact) mass is 313 g/mol. The van der Waals surface area contributed by atoms with E-state index in [-0.39, 0.29) is 17.8 Å². The Bertz CT molecular complexity index is 583. The lowest BCUT2D eigenvalue weighted by atomic mass is 9.93. The van der Waals surface area contributed by atoms with Crippen LogP contribution in [0.25, 0.3) is 0 Å². The first-order valence-corrected chi connectivity index (χ1v) is 8.92. The third-order valence-electron chi connectivity index (χ3n) is 4.12. The third kappa shape index (κ3) is 3.81. The molecule has 3 rings (SSSR count). The van der Waals surface area contributed by atoms with Crippen LogP contribution < -0.4 is 4.72 Å². The Kier molecular flexibility index (Phi) is 4.28. The highest BCUT2D eigenvalue weighted by atomic mass is 32.2. The molecule has 1 aromatic rings. The fourth-order valence-corrected chi connectivity index (χ4v) is 4.78. The number of halogens is 1. The number of hydrogen-bond donors (Lipinski definition) is 1. The minimum atomic E-state index is -3.30. The molecule has 1 saturated carbocycles. The van der Waals surface area contributed by atoms with Crippen molar-refractivity contribution in [3.8, 4) is 0 Å². The Hall–Kier alpha value is -0.980. The quantitative estimate of drug-likeness (QED) is 0.902. The number of nitrogens with one attached hydrogen (secondary N) is 1. The van der Waals surface area contributed by atoms with E-state index < -0.39 is 15.3 Å². The van der Waals surface area contributed by atoms with Gasteiger partial charge in [-0.3, -0.25) is 0 Å². The molecule has 116 valence electrons. The van der Waals surface area contributed by atoms with Crippen LogP contribution in [0.1, 0.15) is 24.8 Å². The lowest BCUT2D eigenvalue weighted by molar-refractivity contribution is 0.0570. The summed E-state index contributed by atoms with van der Waals surface area (Å²) in [6, 6.07) is 6.36. The predicted octanol–water partition coefficient (Wildman–Crippen LogP) is 1.86. The van der Waals surface area contributed by atoms with Gasteiger partial charge >= 0.3 is 0 Å². The Labute approximate surface area is 124 Å². The highest BCUT2D eigenvalue weighted by Gasteiger charge is 2.39. The van der Waals surface area contributed by atoms with E-state index in [1.165, 1.54) is 12.1 Å². The molecule has 2 fully saturated rings. The maximum Gasteiger partial charge on any atom is 0.215 e. The van der Waals surface area contributed by atoms with Crippen molar-refractivity contribution >= 4 is 10.0 Å². The highest BCUT2D eigenvalue weighted by molar-refractivity contribution is 7.90. The number of sulfonamides is 1. The van der Waals surface area contributed by atoms with Crippen LogP contribution in [0.5, 0.6) is 0 Å². The lowest BCUT2D eigenvalue weighted by Crippen LogP contribution is -2.45. The van der Waals surface area contributed by atoms with Crippen molar-refractivity contribution in [2.75, 3.05) is 13.2 Å². The average Bonchev–Trinajstić information content (AvgIpc) is 3.25. The zero-order valence-electron chi connectivity index (χ0n) is 11.8. The van der Waals surface area contributed by atoms with Crippen LogP contribution >= 0.6 is 0 Å². The molecule has 1 aliphatic carbocycles. The first kappa shape index (κ1) is 14.9. The minimum Gasteiger partial charge on any atom is -0.381 e. The van der Waals surface area contributed by atoms with E-state index >= 15 is 0 Å². The number of ether oxygens (including phenoxy) is 1. The summed E-state index contributed by atoms with van der Waals surface area (Å²) in [6.07, 6.45) is 2.99. The number of benzene rings is 1. The molecular formula is C15H20FNO3S. The normalized spacial score (nSPS) is 26.7. The molecule has 1 saturated heterocycles. The summed E-state index contributed by atoms with van der Waals surface area (Å²) in [7, 11) is -3.30. The Balaban J connectivity index is 1.72. The van der Waals surface area contributed by atoms with Crippen LogP contribution in [0.2, 0.25) is 0 Å². The third-order valence-corrected chi connectivity index (χ3v) is 6.20. The molecule has 2 unspecified atom stereocenters. The molecule has 1 aliphatic heterocycles. The van der Waals surface area contributed by atoms with E-state index in [2.05, 4.69) is 4.72 Å². The molecule has 0 bridgehead atoms. The van der Waals surface area contributed by atoms with Gasteiger partial charge in [-0.2, -0.15) is 0 Å². The van der Waals surface area contributed by atoms with Crippen molar-refractivity contribution in [2.24, 2.45) is 5.92 Å². The summed E-state index contributed by atoms with van der Waals surface area (Å²) in [6.45, 7) is 0.920. The molecular weight excluding hydrogens is 293 g/mol. The molecule has 0 radical (unpaired) electrons. The SMILES string of the molecule is O=S(=O)(NC1CC1)C1CCOCC1Cc1ccc(F)cc1. The largest absolute Gasteiger partial charge is 0.381 e. The van der Waals surface area contributed by atoms with Crippen LogP contribution in [-0.4, -0.2) is 32.9 Å². The van der Waals surface area contributed by atoms with Crippen LogP contribution in [0, 0.1) is 11.7 Å². The lowest BCUT2D eigenvalue weighted by Gasteiger charge is -2.31. The Morgan fingerprint density at radius 3 is 2.57 bits per heavy atom. The second-order valence-electron chi connectivity index (χ2n) is 5.93. The zero-order chi connectivity index (χ0) is 14.9. The first-order valence-electron chi connectivity index (χ1n) is 7.38. The van der Waals surface area contributed by atoms with Gasteiger partial charge in [-0.15, -0.1) is 0 Å². The number of rotatable bonds is 5. The summed E-state index contributed by atoms with van der Waals surface area (Å²) in [5.74, 6) is -0.362. The maximum absolute atomic E-state index is 13.0. The van der Waals surface area contributed by atoms with Crippen LogP contribution in [0.15, 0.2) is 24.3 Å². The highest BCUT2D eigenvalue weighted by Crippen LogP contribution is 2.28. The number of hydrogen-bond acceptors (Lipinski definition) is 3. The second-order valence-corrected chi connectivity index (χ2v) is 7.86. The van der Waals surface area contributed by atoms with E-state index in [4.69, 9.17) is 4.74 Å². The zero-order valence-corrected chi connectivity index (χ0v) is 12.6. The van der Waals surface area contributed by atoms with Gasteiger partial charge in [0.2, 0.25) is 10.0 Å². The van der Waals surface area contributed by atoms with Gasteiger partial charge in [0.15, 0.2) is 0 Å². The van der Waals surface area contributed by atoms with Crippen LogP contribution in [0.4, 0.5) is 4.39 Å². The molecule has 0 aromatic heterocycles. The van der Waals surface area contributed by atoms with E-state index in [0.29, 0.717) is 26.1 Å². The maximum atomic E-state index is 13.0. The Morgan fingerprint density at radius 2 is 1.90 bits per heavy atom. The van der Waals surface area contributed by atoms with Gasteiger partial charge in [-0.05, 0) is 43.4 Å². The molecule has 1 N–H and O–H groups in total. The van der Waals surface area contributed by atoms with E-state index in [1.54, 1.807) is 12.1 Å². The van der Waals surface area contributed by atoms with Crippen LogP contribution in [0.3, 0.4) is 0 Å². The van der Waals surface area contributed by atoms with E-state index in [0.717, 1.165) is 18.4 Å². The second kappa shape index (κ2) is 6.02. The van der Waals surface area contributed by atoms with Crippen molar-refractivity contribution in [1.29, 1.82) is 0 Å². The summed E-state index contributed by atoms with van der Waals surface area (Å²) >= 11 is 0. The molecule has 1 heterocycles. The van der Waals surface area contributed by atoms with Crippen molar-refractivity contribution < 1.29 is 17.5 Å². The van der Waals surface area contributed by atoms with Gasteiger partial charge in [0.1, 0.15) is 5.82 Å². The van der Waals surface area contributed by atoms with Gasteiger partial charge in [0, 0.05) is 18.6 Å². The summed E-state index contributed by atoms with van der Waals surface area (Å²) in [5, 5.41) is -0.420. The van der Waals surface area contributed by atoms with Gasteiger partial charge in [0.05, 0.1) is 11.9 Å². The van der Waals surface area contributed by atoms with E-state index in [9.17, 15) is 12.8 Å². The molecule has 0 amide bonds. The molecule has 1 aromatic carbocycles. The van der Waals surface area contributed by atoms with Gasteiger partial charge < -0.3 is 4.74 Å². The van der Waals surface area contributed by atoms with Crippen molar-refractivity contribution in [1.82, 2.24) is 4.72 Å². The van der Waals surface area contributed by atoms with Gasteiger partial charge in [-0.25, -0.2) is 17.5 Å². The standard InChI is InChI=1S/C15H20FNO3S/c16-13-3-1-11(2-4-13)9-12-10-20-8-7-15(12)21(18,19)17-14-5-6-14/h1-4,12,14-15,17H,5-10H2. The molecule has 2 aliphatic rings. The topological polar surface area (TPSA) is 55.4 Å². The van der Waals surface area contributed by atoms with Crippen LogP contribution in [-0.2, 0) is 21.2 Å². The molecule has 21 heavy (non-hydrogen) atoms. The Morgan fingerprint density at radius 1 is 1.19 bits per heavy atom. The summed E-state index contributed by atoms with van der Waals surface area (Å²) < 4.78 is 46.1. The van der Waals surface area contributed by atoms with E-state index in [1.807, 2.05) is 0 Å². The summed E-state index contributed by atoms with van der Waals surface area (Å²) in [5.41, 5.74) is 0.943. The van der Waals surface area contributed by atoms with Crippen molar-refractivity contribution in [3.63, 3.8) is 0 Å². The van der Waals surface area contributed by atoms with Crippen molar-refractivity contribution in [2.45, 2.75) is 37.0 Å². The molecule has 0 spiro atoms. The average molecular weight is 313 g/mol. The molecule has 2 atom stereocenters. The minimum absolute atomic E-state index is 0.0829. The first-order chi connectivity index (χ1) is 10.0. The smallest absolute Gasteiger partial charge is 0.215 e. The summed E-state index contributed by atoms with van der Waals surface area (Å²) in [4.78, 5) is 0. The molecule has 6 heteroatoms. The van der Waals surface area contributed by atoms with Crippen molar-refractivity contribution in [3.05, 3.63) is 35.6 Å². The van der Waals surface area contributed by atoms with Gasteiger partial charge in [-0.1, -0.05) is 12.1 Å². The fraction of sp³-hybridized carbons (Fsp3) is 0.600. The fourth-order valence-electron chi connectivity index (χ4n) is 2.82. The van der Waals surface area contributed by atoms with Gasteiger partial charge in [0.25, 0.3) is 0 Å².